The number of nitriles is 1. The number of rotatable bonds is 3. The SMILES string of the molecule is CC(C)(C)c1ccc2c3ccc(C(C)(C)C)cc3n(-c3cc(C#N)c(-c4cccnc4)cc3-n3c4cc(C(C)(C)C)ccc4c4ccc(C(C)(C)C)cc43)c2c1. The molecule has 5 aromatic carbocycles. The van der Waals surface area contributed by atoms with Crippen LogP contribution in [0.3, 0.4) is 0 Å². The van der Waals surface area contributed by atoms with E-state index in [9.17, 15) is 5.26 Å². The molecule has 4 heteroatoms. The van der Waals surface area contributed by atoms with Crippen LogP contribution in [-0.2, 0) is 21.7 Å². The van der Waals surface area contributed by atoms with Crippen molar-refractivity contribution < 1.29 is 0 Å². The minimum Gasteiger partial charge on any atom is -0.307 e. The number of hydrogen-bond acceptors (Lipinski definition) is 2. The van der Waals surface area contributed by atoms with E-state index in [1.165, 1.54) is 43.8 Å². The third kappa shape index (κ3) is 6.19. The monoisotopic (exact) mass is 734 g/mol. The molecule has 0 aliphatic rings. The summed E-state index contributed by atoms with van der Waals surface area (Å²) in [6, 6.07) is 38.9. The van der Waals surface area contributed by atoms with Crippen LogP contribution in [0.25, 0.3) is 66.1 Å². The first-order chi connectivity index (χ1) is 26.3. The average molecular weight is 735 g/mol. The van der Waals surface area contributed by atoms with E-state index in [1.54, 1.807) is 6.20 Å². The molecule has 0 saturated carbocycles. The molecule has 56 heavy (non-hydrogen) atoms. The van der Waals surface area contributed by atoms with Gasteiger partial charge in [0.25, 0.3) is 0 Å². The zero-order chi connectivity index (χ0) is 40.1. The van der Waals surface area contributed by atoms with E-state index in [0.29, 0.717) is 5.56 Å². The molecule has 4 nitrogen and oxygen atoms in total. The van der Waals surface area contributed by atoms with Crippen LogP contribution in [0.1, 0.15) is 111 Å². The van der Waals surface area contributed by atoms with Gasteiger partial charge in [-0.15, -0.1) is 0 Å². The highest BCUT2D eigenvalue weighted by molar-refractivity contribution is 6.12. The quantitative estimate of drug-likeness (QED) is 0.181. The summed E-state index contributed by atoms with van der Waals surface area (Å²) in [6.45, 7) is 27.3. The van der Waals surface area contributed by atoms with Crippen molar-refractivity contribution in [1.29, 1.82) is 5.26 Å². The topological polar surface area (TPSA) is 46.5 Å². The van der Waals surface area contributed by atoms with E-state index in [2.05, 4.69) is 194 Å². The molecule has 0 aliphatic heterocycles. The van der Waals surface area contributed by atoms with Gasteiger partial charge in [-0.25, -0.2) is 0 Å². The molecule has 3 heterocycles. The standard InChI is InChI=1S/C52H54N4/c1-49(2,3)34-15-19-38-39-20-16-35(50(4,5)6)26-44(39)55(43(38)25-34)47-24-33(30-53)42(32-14-13-23-54-31-32)29-48(47)56-45-27-36(51(7,8)9)17-21-40(45)41-22-18-37(28-46(41)56)52(10,11)12/h13-29,31H,1-12H3. The predicted molar refractivity (Wildman–Crippen MR) is 238 cm³/mol. The predicted octanol–water partition coefficient (Wildman–Crippen LogP) is 14.0. The maximum Gasteiger partial charge on any atom is 0.0999 e. The second-order valence-corrected chi connectivity index (χ2v) is 19.8. The Bertz CT molecular complexity index is 2740. The highest BCUT2D eigenvalue weighted by atomic mass is 15.1. The van der Waals surface area contributed by atoms with Crippen LogP contribution in [0.4, 0.5) is 0 Å². The molecule has 0 spiro atoms. The molecule has 0 fully saturated rings. The summed E-state index contributed by atoms with van der Waals surface area (Å²) in [4.78, 5) is 4.50. The van der Waals surface area contributed by atoms with E-state index in [-0.39, 0.29) is 21.7 Å². The highest BCUT2D eigenvalue weighted by Crippen LogP contribution is 2.44. The van der Waals surface area contributed by atoms with Crippen LogP contribution in [0.2, 0.25) is 0 Å². The lowest BCUT2D eigenvalue weighted by molar-refractivity contribution is 0.590. The number of fused-ring (bicyclic) bond motifs is 6. The molecule has 0 unspecified atom stereocenters. The van der Waals surface area contributed by atoms with Gasteiger partial charge in [-0.3, -0.25) is 4.98 Å². The molecule has 0 N–H and O–H groups in total. The van der Waals surface area contributed by atoms with Gasteiger partial charge in [-0.1, -0.05) is 138 Å². The highest BCUT2D eigenvalue weighted by Gasteiger charge is 2.27. The smallest absolute Gasteiger partial charge is 0.0999 e. The Morgan fingerprint density at radius 3 is 1.12 bits per heavy atom. The van der Waals surface area contributed by atoms with Crippen molar-refractivity contribution >= 4 is 43.6 Å². The number of benzene rings is 5. The lowest BCUT2D eigenvalue weighted by atomic mass is 9.86. The van der Waals surface area contributed by atoms with Crippen LogP contribution in [0, 0.1) is 11.3 Å². The molecule has 0 saturated heterocycles. The van der Waals surface area contributed by atoms with E-state index in [4.69, 9.17) is 0 Å². The van der Waals surface area contributed by atoms with Crippen LogP contribution in [-0.4, -0.2) is 14.1 Å². The maximum atomic E-state index is 11.0. The number of nitrogens with zero attached hydrogens (tertiary/aromatic N) is 4. The van der Waals surface area contributed by atoms with Crippen LogP contribution in [0.15, 0.2) is 109 Å². The lowest BCUT2D eigenvalue weighted by Gasteiger charge is -2.23. The fourth-order valence-electron chi connectivity index (χ4n) is 8.21. The van der Waals surface area contributed by atoms with Crippen molar-refractivity contribution in [2.24, 2.45) is 0 Å². The van der Waals surface area contributed by atoms with Crippen LogP contribution < -0.4 is 0 Å². The summed E-state index contributed by atoms with van der Waals surface area (Å²) < 4.78 is 4.92. The summed E-state index contributed by atoms with van der Waals surface area (Å²) >= 11 is 0. The van der Waals surface area contributed by atoms with Crippen molar-refractivity contribution in [3.05, 3.63) is 137 Å². The van der Waals surface area contributed by atoms with E-state index in [0.717, 1.165) is 44.6 Å². The van der Waals surface area contributed by atoms with Gasteiger partial charge in [0.15, 0.2) is 0 Å². The lowest BCUT2D eigenvalue weighted by Crippen LogP contribution is -2.12. The molecule has 0 amide bonds. The summed E-state index contributed by atoms with van der Waals surface area (Å²) in [5.41, 5.74) is 13.8. The number of pyridine rings is 1. The second-order valence-electron chi connectivity index (χ2n) is 19.8. The molecular formula is C52H54N4. The number of hydrogen-bond donors (Lipinski definition) is 0. The van der Waals surface area contributed by atoms with Gasteiger partial charge in [0.05, 0.1) is 45.1 Å². The first-order valence-electron chi connectivity index (χ1n) is 19.9. The van der Waals surface area contributed by atoms with E-state index >= 15 is 0 Å². The molecule has 0 aliphatic carbocycles. The van der Waals surface area contributed by atoms with Gasteiger partial charge in [0, 0.05) is 45.1 Å². The molecule has 282 valence electrons. The molecule has 3 aromatic heterocycles. The molecule has 0 radical (unpaired) electrons. The second kappa shape index (κ2) is 12.7. The zero-order valence-corrected chi connectivity index (χ0v) is 35.2. The summed E-state index contributed by atoms with van der Waals surface area (Å²) in [6.07, 6.45) is 3.66. The van der Waals surface area contributed by atoms with Gasteiger partial charge in [0.1, 0.15) is 0 Å². The van der Waals surface area contributed by atoms with Gasteiger partial charge >= 0.3 is 0 Å². The summed E-state index contributed by atoms with van der Waals surface area (Å²) in [5.74, 6) is 0. The molecular weight excluding hydrogens is 681 g/mol. The Kier molecular flexibility index (Phi) is 8.44. The van der Waals surface area contributed by atoms with Gasteiger partial charge in [-0.2, -0.15) is 5.26 Å². The fraction of sp³-hybridized carbons (Fsp3) is 0.308. The third-order valence-corrected chi connectivity index (χ3v) is 11.7. The van der Waals surface area contributed by atoms with Crippen molar-refractivity contribution in [2.45, 2.75) is 105 Å². The van der Waals surface area contributed by atoms with E-state index in [1.807, 2.05) is 12.3 Å². The molecule has 0 atom stereocenters. The fourth-order valence-corrected chi connectivity index (χ4v) is 8.21. The van der Waals surface area contributed by atoms with Crippen molar-refractivity contribution in [1.82, 2.24) is 14.1 Å². The summed E-state index contributed by atoms with van der Waals surface area (Å²) in [5, 5.41) is 15.8. The van der Waals surface area contributed by atoms with Gasteiger partial charge < -0.3 is 9.13 Å². The Morgan fingerprint density at radius 1 is 0.464 bits per heavy atom. The first-order valence-corrected chi connectivity index (χ1v) is 19.9. The van der Waals surface area contributed by atoms with Crippen molar-refractivity contribution in [2.75, 3.05) is 0 Å². The summed E-state index contributed by atoms with van der Waals surface area (Å²) in [7, 11) is 0. The van der Waals surface area contributed by atoms with Gasteiger partial charge in [0.2, 0.25) is 0 Å². The number of aromatic nitrogens is 3. The third-order valence-electron chi connectivity index (χ3n) is 11.7. The molecule has 0 bridgehead atoms. The minimum absolute atomic E-state index is 0.0556. The Morgan fingerprint density at radius 2 is 0.821 bits per heavy atom. The maximum absolute atomic E-state index is 11.0. The Balaban J connectivity index is 1.63. The normalized spacial score (nSPS) is 13.0. The van der Waals surface area contributed by atoms with E-state index < -0.39 is 0 Å². The molecule has 8 rings (SSSR count). The van der Waals surface area contributed by atoms with Crippen molar-refractivity contribution in [3.8, 4) is 28.6 Å². The van der Waals surface area contributed by atoms with Gasteiger partial charge in [-0.05, 0) is 86.4 Å². The van der Waals surface area contributed by atoms with Crippen molar-refractivity contribution in [3.63, 3.8) is 0 Å². The van der Waals surface area contributed by atoms with Crippen LogP contribution >= 0.6 is 0 Å². The molecule has 8 aromatic rings. The average Bonchev–Trinajstić information content (AvgIpc) is 3.64. The Labute approximate surface area is 332 Å². The Hall–Kier alpha value is -5.66. The minimum atomic E-state index is -0.0591. The van der Waals surface area contributed by atoms with Crippen LogP contribution in [0.5, 0.6) is 0 Å². The largest absolute Gasteiger partial charge is 0.307 e. The first kappa shape index (κ1) is 37.3. The zero-order valence-electron chi connectivity index (χ0n) is 35.2.